The van der Waals surface area contributed by atoms with Crippen molar-refractivity contribution in [3.63, 3.8) is 0 Å². The fourth-order valence-corrected chi connectivity index (χ4v) is 1.54. The Kier molecular flexibility index (Phi) is 11.4. The van der Waals surface area contributed by atoms with E-state index < -0.39 is 0 Å². The van der Waals surface area contributed by atoms with Crippen molar-refractivity contribution in [2.75, 3.05) is 72.4 Å². The minimum atomic E-state index is -0.361. The lowest BCUT2D eigenvalue weighted by Crippen LogP contribution is -2.30. The number of hydrogen-bond donors (Lipinski definition) is 2. The van der Waals surface area contributed by atoms with Gasteiger partial charge in [-0.2, -0.15) is 0 Å². The minimum Gasteiger partial charge on any atom is -0.384 e. The van der Waals surface area contributed by atoms with Crippen LogP contribution in [0.25, 0.3) is 0 Å². The molecule has 1 unspecified atom stereocenters. The van der Waals surface area contributed by atoms with Gasteiger partial charge in [-0.05, 0) is 0 Å². The molecular weight excluding hydrogens is 247 g/mol. The third-order valence-electron chi connectivity index (χ3n) is 2.53. The predicted molar refractivity (Wildman–Crippen MR) is 73.7 cm³/mol. The molecular formula is C12H25BN2O4. The number of ether oxygens (including phenoxy) is 4. The quantitative estimate of drug-likeness (QED) is 0.537. The smallest absolute Gasteiger partial charge is 0.112 e. The van der Waals surface area contributed by atoms with Gasteiger partial charge in [0.15, 0.2) is 0 Å². The maximum absolute atomic E-state index is 5.75. The first-order valence-electron chi connectivity index (χ1n) is 6.91. The summed E-state index contributed by atoms with van der Waals surface area (Å²) in [4.78, 5) is 0. The summed E-state index contributed by atoms with van der Waals surface area (Å²) in [5.74, 6) is 0. The van der Waals surface area contributed by atoms with E-state index >= 15 is 0 Å². The summed E-state index contributed by atoms with van der Waals surface area (Å²) in [6.45, 7) is 7.41. The number of nitrogens with one attached hydrogen (secondary N) is 2. The molecule has 0 aromatic rings. The Morgan fingerprint density at radius 3 is 1.84 bits per heavy atom. The van der Waals surface area contributed by atoms with E-state index in [9.17, 15) is 0 Å². The normalized spacial score (nSPS) is 27.3. The monoisotopic (exact) mass is 272 g/mol. The first kappa shape index (κ1) is 16.9. The van der Waals surface area contributed by atoms with Gasteiger partial charge in [-0.1, -0.05) is 0 Å². The summed E-state index contributed by atoms with van der Waals surface area (Å²) in [5.41, 5.74) is 0. The number of rotatable bonds is 0. The van der Waals surface area contributed by atoms with E-state index in [2.05, 4.69) is 10.6 Å². The topological polar surface area (TPSA) is 61.0 Å². The van der Waals surface area contributed by atoms with Crippen molar-refractivity contribution < 1.29 is 18.9 Å². The second-order valence-electron chi connectivity index (χ2n) is 4.21. The molecule has 0 saturated carbocycles. The Morgan fingerprint density at radius 2 is 1.21 bits per heavy atom. The SMILES string of the molecule is [B]C1COCCNCCOCCOCCNCCO1. The van der Waals surface area contributed by atoms with Gasteiger partial charge < -0.3 is 29.6 Å². The highest BCUT2D eigenvalue weighted by molar-refractivity contribution is 6.11. The second kappa shape index (κ2) is 12.8. The van der Waals surface area contributed by atoms with E-state index in [-0.39, 0.29) is 6.00 Å². The Morgan fingerprint density at radius 1 is 0.684 bits per heavy atom. The van der Waals surface area contributed by atoms with Crippen LogP contribution in [-0.2, 0) is 18.9 Å². The van der Waals surface area contributed by atoms with Crippen molar-refractivity contribution in [3.8, 4) is 0 Å². The molecule has 110 valence electrons. The summed E-state index contributed by atoms with van der Waals surface area (Å²) in [7, 11) is 5.75. The molecule has 2 N–H and O–H groups in total. The van der Waals surface area contributed by atoms with Gasteiger partial charge in [0.2, 0.25) is 0 Å². The van der Waals surface area contributed by atoms with Crippen LogP contribution in [0.4, 0.5) is 0 Å². The highest BCUT2D eigenvalue weighted by Gasteiger charge is 2.01. The highest BCUT2D eigenvalue weighted by atomic mass is 16.5. The largest absolute Gasteiger partial charge is 0.384 e. The van der Waals surface area contributed by atoms with Crippen molar-refractivity contribution in [3.05, 3.63) is 0 Å². The standard InChI is InChI=1S/C12H25BN2O4/c13-12-11-18-7-3-14-1-5-16-9-10-17-6-2-15-4-8-19-12/h12,14-15H,1-11H2. The molecule has 1 heterocycles. The van der Waals surface area contributed by atoms with Gasteiger partial charge in [-0.15, -0.1) is 0 Å². The Labute approximate surface area is 116 Å². The van der Waals surface area contributed by atoms with E-state index in [0.717, 1.165) is 26.2 Å². The minimum absolute atomic E-state index is 0.361. The molecule has 0 aromatic heterocycles. The molecule has 1 saturated heterocycles. The molecule has 0 amide bonds. The third-order valence-corrected chi connectivity index (χ3v) is 2.53. The lowest BCUT2D eigenvalue weighted by atomic mass is 10.0. The molecule has 1 rings (SSSR count). The van der Waals surface area contributed by atoms with Crippen LogP contribution in [-0.4, -0.2) is 86.3 Å². The van der Waals surface area contributed by atoms with Gasteiger partial charge in [0.25, 0.3) is 0 Å². The van der Waals surface area contributed by atoms with Gasteiger partial charge in [-0.25, -0.2) is 0 Å². The lowest BCUT2D eigenvalue weighted by Gasteiger charge is -2.15. The van der Waals surface area contributed by atoms with E-state index in [4.69, 9.17) is 26.8 Å². The zero-order valence-corrected chi connectivity index (χ0v) is 11.6. The fraction of sp³-hybridized carbons (Fsp3) is 1.00. The molecule has 6 nitrogen and oxygen atoms in total. The summed E-state index contributed by atoms with van der Waals surface area (Å²) >= 11 is 0. The van der Waals surface area contributed by atoms with Crippen LogP contribution >= 0.6 is 0 Å². The molecule has 2 radical (unpaired) electrons. The van der Waals surface area contributed by atoms with Gasteiger partial charge in [-0.3, -0.25) is 0 Å². The van der Waals surface area contributed by atoms with Crippen molar-refractivity contribution in [2.24, 2.45) is 0 Å². The predicted octanol–water partition coefficient (Wildman–Crippen LogP) is -1.26. The van der Waals surface area contributed by atoms with Gasteiger partial charge in [0.1, 0.15) is 7.85 Å². The molecule has 1 atom stereocenters. The number of hydrogen-bond acceptors (Lipinski definition) is 6. The second-order valence-corrected chi connectivity index (χ2v) is 4.21. The van der Waals surface area contributed by atoms with E-state index in [1.165, 1.54) is 0 Å². The average molecular weight is 272 g/mol. The summed E-state index contributed by atoms with van der Waals surface area (Å²) in [5, 5.41) is 6.43. The van der Waals surface area contributed by atoms with Crippen molar-refractivity contribution in [1.82, 2.24) is 10.6 Å². The Bertz CT molecular complexity index is 183. The maximum Gasteiger partial charge on any atom is 0.112 e. The van der Waals surface area contributed by atoms with Gasteiger partial charge >= 0.3 is 0 Å². The van der Waals surface area contributed by atoms with Crippen molar-refractivity contribution >= 4 is 7.85 Å². The van der Waals surface area contributed by atoms with Gasteiger partial charge in [0, 0.05) is 32.2 Å². The molecule has 1 fully saturated rings. The molecule has 19 heavy (non-hydrogen) atoms. The van der Waals surface area contributed by atoms with E-state index in [1.807, 2.05) is 0 Å². The Hall–Kier alpha value is -0.175. The van der Waals surface area contributed by atoms with Crippen LogP contribution in [0.5, 0.6) is 0 Å². The van der Waals surface area contributed by atoms with Crippen LogP contribution in [0.3, 0.4) is 0 Å². The van der Waals surface area contributed by atoms with Gasteiger partial charge in [0.05, 0.1) is 46.2 Å². The molecule has 0 bridgehead atoms. The third kappa shape index (κ3) is 11.4. The first-order chi connectivity index (χ1) is 9.39. The van der Waals surface area contributed by atoms with E-state index in [1.54, 1.807) is 0 Å². The highest BCUT2D eigenvalue weighted by Crippen LogP contribution is 1.88. The van der Waals surface area contributed by atoms with Crippen LogP contribution < -0.4 is 10.6 Å². The molecule has 0 spiro atoms. The average Bonchev–Trinajstić information content (AvgIpc) is 2.41. The van der Waals surface area contributed by atoms with Crippen LogP contribution in [0.2, 0.25) is 0 Å². The van der Waals surface area contributed by atoms with Crippen LogP contribution in [0.15, 0.2) is 0 Å². The molecule has 0 aromatic carbocycles. The van der Waals surface area contributed by atoms with E-state index in [0.29, 0.717) is 46.2 Å². The lowest BCUT2D eigenvalue weighted by molar-refractivity contribution is 0.0227. The molecule has 1 aliphatic rings. The summed E-state index contributed by atoms with van der Waals surface area (Å²) in [6, 6.07) is -0.361. The van der Waals surface area contributed by atoms with Crippen LogP contribution in [0.1, 0.15) is 0 Å². The van der Waals surface area contributed by atoms with Crippen molar-refractivity contribution in [1.29, 1.82) is 0 Å². The maximum atomic E-state index is 5.75. The fourth-order valence-electron chi connectivity index (χ4n) is 1.54. The summed E-state index contributed by atoms with van der Waals surface area (Å²) in [6.07, 6.45) is 0. The van der Waals surface area contributed by atoms with Crippen molar-refractivity contribution in [2.45, 2.75) is 6.00 Å². The molecule has 0 aliphatic carbocycles. The molecule has 7 heteroatoms. The zero-order chi connectivity index (χ0) is 13.6. The zero-order valence-electron chi connectivity index (χ0n) is 11.6. The Balaban J connectivity index is 2.08. The first-order valence-corrected chi connectivity index (χ1v) is 6.91. The molecule has 1 aliphatic heterocycles. The summed E-state index contributed by atoms with van der Waals surface area (Å²) < 4.78 is 21.6. The van der Waals surface area contributed by atoms with Crippen LogP contribution in [0, 0.1) is 0 Å².